The molecular weight excluding hydrogens is 210 g/mol. The smallest absolute Gasteiger partial charge is 0.254 e. The van der Waals surface area contributed by atoms with Crippen LogP contribution in [0.2, 0.25) is 0 Å². The molecule has 15 heavy (non-hydrogen) atoms. The van der Waals surface area contributed by atoms with Gasteiger partial charge in [-0.2, -0.15) is 0 Å². The maximum absolute atomic E-state index is 11.4. The molecule has 0 fully saturated rings. The maximum atomic E-state index is 11.4. The van der Waals surface area contributed by atoms with Crippen molar-refractivity contribution in [3.63, 3.8) is 0 Å². The first-order valence-corrected chi connectivity index (χ1v) is 5.55. The average molecular weight is 221 g/mol. The summed E-state index contributed by atoms with van der Waals surface area (Å²) in [6, 6.07) is 6.81. The molecule has 0 atom stereocenters. The van der Waals surface area contributed by atoms with Crippen LogP contribution in [0.5, 0.6) is 5.75 Å². The Labute approximate surface area is 91.2 Å². The first kappa shape index (κ1) is 9.98. The summed E-state index contributed by atoms with van der Waals surface area (Å²) in [5, 5.41) is 11.1. The van der Waals surface area contributed by atoms with Gasteiger partial charge in [0, 0.05) is 23.7 Å². The van der Waals surface area contributed by atoms with E-state index in [1.807, 2.05) is 11.4 Å². The van der Waals surface area contributed by atoms with E-state index in [1.165, 1.54) is 17.0 Å². The molecule has 0 saturated heterocycles. The fraction of sp³-hybridized carbons (Fsp3) is 0.182. The minimum Gasteiger partial charge on any atom is -0.508 e. The number of pyridine rings is 1. The Morgan fingerprint density at radius 2 is 2.27 bits per heavy atom. The molecule has 0 radical (unpaired) electrons. The van der Waals surface area contributed by atoms with Crippen LogP contribution in [0.15, 0.2) is 40.6 Å². The van der Waals surface area contributed by atoms with Gasteiger partial charge in [0.15, 0.2) is 0 Å². The highest BCUT2D eigenvalue weighted by Crippen LogP contribution is 2.10. The van der Waals surface area contributed by atoms with Gasteiger partial charge in [-0.05, 0) is 23.9 Å². The fourth-order valence-electron chi connectivity index (χ4n) is 1.37. The van der Waals surface area contributed by atoms with Crippen LogP contribution in [0.4, 0.5) is 0 Å². The number of thiophene rings is 1. The molecule has 0 bridgehead atoms. The molecule has 2 rings (SSSR count). The van der Waals surface area contributed by atoms with Gasteiger partial charge in [0.25, 0.3) is 5.56 Å². The zero-order valence-electron chi connectivity index (χ0n) is 8.09. The Morgan fingerprint density at radius 3 is 2.93 bits per heavy atom. The Morgan fingerprint density at radius 1 is 1.40 bits per heavy atom. The number of nitrogens with zero attached hydrogens (tertiary/aromatic N) is 1. The molecule has 0 spiro atoms. The second kappa shape index (κ2) is 4.31. The molecule has 2 aromatic heterocycles. The van der Waals surface area contributed by atoms with Gasteiger partial charge in [-0.15, -0.1) is 11.3 Å². The fourth-order valence-corrected chi connectivity index (χ4v) is 2.07. The number of hydrogen-bond acceptors (Lipinski definition) is 3. The second-order valence-corrected chi connectivity index (χ2v) is 4.28. The van der Waals surface area contributed by atoms with Gasteiger partial charge in [0.1, 0.15) is 5.75 Å². The molecule has 78 valence electrons. The second-order valence-electron chi connectivity index (χ2n) is 3.25. The van der Waals surface area contributed by atoms with Crippen molar-refractivity contribution < 1.29 is 5.11 Å². The molecule has 1 N–H and O–H groups in total. The monoisotopic (exact) mass is 221 g/mol. The molecule has 0 unspecified atom stereocenters. The number of aryl methyl sites for hydroxylation is 2. The number of rotatable bonds is 3. The summed E-state index contributed by atoms with van der Waals surface area (Å²) in [5.74, 6) is 0.0207. The highest BCUT2D eigenvalue weighted by atomic mass is 32.1. The average Bonchev–Trinajstić information content (AvgIpc) is 2.69. The molecule has 4 heteroatoms. The first-order chi connectivity index (χ1) is 7.25. The molecule has 0 aliphatic heterocycles. The quantitative estimate of drug-likeness (QED) is 0.859. The molecule has 0 aliphatic carbocycles. The minimum absolute atomic E-state index is 0.0207. The molecule has 0 amide bonds. The van der Waals surface area contributed by atoms with Crippen molar-refractivity contribution in [1.82, 2.24) is 4.57 Å². The van der Waals surface area contributed by atoms with E-state index in [4.69, 9.17) is 5.11 Å². The third kappa shape index (κ3) is 2.47. The summed E-state index contributed by atoms with van der Waals surface area (Å²) in [5.41, 5.74) is -0.161. The van der Waals surface area contributed by atoms with Crippen LogP contribution in [0.25, 0.3) is 0 Å². The predicted octanol–water partition coefficient (Wildman–Crippen LogP) is 1.86. The van der Waals surface area contributed by atoms with Crippen molar-refractivity contribution in [2.75, 3.05) is 0 Å². The van der Waals surface area contributed by atoms with E-state index >= 15 is 0 Å². The van der Waals surface area contributed by atoms with Crippen molar-refractivity contribution in [2.24, 2.45) is 0 Å². The van der Waals surface area contributed by atoms with Crippen LogP contribution < -0.4 is 5.56 Å². The Bertz CT molecular complexity index is 488. The summed E-state index contributed by atoms with van der Waals surface area (Å²) in [6.45, 7) is 0.652. The standard InChI is InChI=1S/C11H11NO2S/c13-9-3-5-12(11(14)8-9)6-4-10-2-1-7-15-10/h1-3,5,7-8,13H,4,6H2. The van der Waals surface area contributed by atoms with E-state index in [0.29, 0.717) is 6.54 Å². The molecule has 2 aromatic rings. The molecule has 0 saturated carbocycles. The highest BCUT2D eigenvalue weighted by molar-refractivity contribution is 7.09. The lowest BCUT2D eigenvalue weighted by Crippen LogP contribution is -2.18. The van der Waals surface area contributed by atoms with Gasteiger partial charge in [0.05, 0.1) is 0 Å². The highest BCUT2D eigenvalue weighted by Gasteiger charge is 1.98. The maximum Gasteiger partial charge on any atom is 0.254 e. The minimum atomic E-state index is -0.161. The summed E-state index contributed by atoms with van der Waals surface area (Å²) < 4.78 is 1.60. The van der Waals surface area contributed by atoms with E-state index in [0.717, 1.165) is 6.42 Å². The number of aromatic hydroxyl groups is 1. The van der Waals surface area contributed by atoms with E-state index in [-0.39, 0.29) is 11.3 Å². The van der Waals surface area contributed by atoms with Crippen molar-refractivity contribution >= 4 is 11.3 Å². The zero-order valence-corrected chi connectivity index (χ0v) is 8.91. The van der Waals surface area contributed by atoms with Crippen LogP contribution >= 0.6 is 11.3 Å². The molecule has 3 nitrogen and oxygen atoms in total. The molecule has 0 aliphatic rings. The summed E-state index contributed by atoms with van der Waals surface area (Å²) in [4.78, 5) is 12.7. The van der Waals surface area contributed by atoms with E-state index in [9.17, 15) is 4.79 Å². The van der Waals surface area contributed by atoms with Crippen LogP contribution in [-0.2, 0) is 13.0 Å². The lowest BCUT2D eigenvalue weighted by atomic mass is 10.3. The number of aromatic nitrogens is 1. The SMILES string of the molecule is O=c1cc(O)ccn1CCc1cccs1. The molecular formula is C11H11NO2S. The van der Waals surface area contributed by atoms with Gasteiger partial charge in [-0.3, -0.25) is 4.79 Å². The first-order valence-electron chi connectivity index (χ1n) is 4.67. The van der Waals surface area contributed by atoms with E-state index < -0.39 is 0 Å². The molecule has 2 heterocycles. The van der Waals surface area contributed by atoms with E-state index in [1.54, 1.807) is 22.1 Å². The van der Waals surface area contributed by atoms with Crippen molar-refractivity contribution in [2.45, 2.75) is 13.0 Å². The van der Waals surface area contributed by atoms with Crippen molar-refractivity contribution in [3.05, 3.63) is 51.1 Å². The van der Waals surface area contributed by atoms with Gasteiger partial charge in [-0.25, -0.2) is 0 Å². The summed E-state index contributed by atoms with van der Waals surface area (Å²) >= 11 is 1.69. The third-order valence-corrected chi connectivity index (χ3v) is 3.10. The Hall–Kier alpha value is -1.55. The zero-order chi connectivity index (χ0) is 10.7. The topological polar surface area (TPSA) is 42.2 Å². The lowest BCUT2D eigenvalue weighted by molar-refractivity contribution is 0.470. The Kier molecular flexibility index (Phi) is 2.87. The van der Waals surface area contributed by atoms with Gasteiger partial charge in [0.2, 0.25) is 0 Å². The normalized spacial score (nSPS) is 10.4. The van der Waals surface area contributed by atoms with Gasteiger partial charge < -0.3 is 9.67 Å². The summed E-state index contributed by atoms with van der Waals surface area (Å²) in [7, 11) is 0. The van der Waals surface area contributed by atoms with Crippen LogP contribution in [0, 0.1) is 0 Å². The Balaban J connectivity index is 2.09. The molecule has 0 aromatic carbocycles. The number of hydrogen-bond donors (Lipinski definition) is 1. The van der Waals surface area contributed by atoms with Crippen molar-refractivity contribution in [1.29, 1.82) is 0 Å². The van der Waals surface area contributed by atoms with Crippen LogP contribution in [0.1, 0.15) is 4.88 Å². The van der Waals surface area contributed by atoms with Gasteiger partial charge in [-0.1, -0.05) is 6.07 Å². The van der Waals surface area contributed by atoms with Gasteiger partial charge >= 0.3 is 0 Å². The largest absolute Gasteiger partial charge is 0.508 e. The summed E-state index contributed by atoms with van der Waals surface area (Å²) in [6.07, 6.45) is 2.47. The van der Waals surface area contributed by atoms with Crippen LogP contribution in [-0.4, -0.2) is 9.67 Å². The predicted molar refractivity (Wildman–Crippen MR) is 60.4 cm³/mol. The lowest BCUT2D eigenvalue weighted by Gasteiger charge is -2.03. The third-order valence-electron chi connectivity index (χ3n) is 2.16. The van der Waals surface area contributed by atoms with Crippen LogP contribution in [0.3, 0.4) is 0 Å². The van der Waals surface area contributed by atoms with Crippen molar-refractivity contribution in [3.8, 4) is 5.75 Å². The van der Waals surface area contributed by atoms with E-state index in [2.05, 4.69) is 6.07 Å².